The Labute approximate surface area is 130 Å². The van der Waals surface area contributed by atoms with E-state index in [2.05, 4.69) is 34.8 Å². The van der Waals surface area contributed by atoms with Gasteiger partial charge >= 0.3 is 0 Å². The van der Waals surface area contributed by atoms with Crippen LogP contribution in [0.4, 0.5) is 5.69 Å². The zero-order chi connectivity index (χ0) is 15.9. The van der Waals surface area contributed by atoms with E-state index >= 15 is 0 Å². The number of rotatable bonds is 6. The van der Waals surface area contributed by atoms with Gasteiger partial charge in [-0.05, 0) is 30.7 Å². The zero-order valence-electron chi connectivity index (χ0n) is 12.9. The SMILES string of the molecule is CC(C)c1nccn1CCCC(=O)Nc1ccc(C#N)cc1. The number of nitrogens with zero attached hydrogens (tertiary/aromatic N) is 3. The Balaban J connectivity index is 1.80. The van der Waals surface area contributed by atoms with Crippen LogP contribution in [-0.2, 0) is 11.3 Å². The number of imidazole rings is 1. The van der Waals surface area contributed by atoms with Crippen LogP contribution in [0.15, 0.2) is 36.7 Å². The molecule has 1 aromatic heterocycles. The van der Waals surface area contributed by atoms with E-state index in [-0.39, 0.29) is 5.91 Å². The predicted octanol–water partition coefficient (Wildman–Crippen LogP) is 3.30. The van der Waals surface area contributed by atoms with Gasteiger partial charge in [0, 0.05) is 37.0 Å². The lowest BCUT2D eigenvalue weighted by Crippen LogP contribution is -2.13. The monoisotopic (exact) mass is 296 g/mol. The first kappa shape index (κ1) is 15.8. The smallest absolute Gasteiger partial charge is 0.224 e. The third-order valence-corrected chi connectivity index (χ3v) is 3.36. The number of aryl methyl sites for hydroxylation is 1. The summed E-state index contributed by atoms with van der Waals surface area (Å²) in [5.74, 6) is 1.41. The van der Waals surface area contributed by atoms with Gasteiger partial charge in [0.1, 0.15) is 5.82 Å². The largest absolute Gasteiger partial charge is 0.335 e. The first-order chi connectivity index (χ1) is 10.6. The van der Waals surface area contributed by atoms with Crippen molar-refractivity contribution in [1.29, 1.82) is 5.26 Å². The summed E-state index contributed by atoms with van der Waals surface area (Å²) in [6.07, 6.45) is 4.97. The van der Waals surface area contributed by atoms with Gasteiger partial charge < -0.3 is 9.88 Å². The molecule has 0 unspecified atom stereocenters. The summed E-state index contributed by atoms with van der Waals surface area (Å²) >= 11 is 0. The molecule has 1 N–H and O–H groups in total. The molecule has 1 aromatic carbocycles. The van der Waals surface area contributed by atoms with Crippen molar-refractivity contribution in [2.45, 2.75) is 39.2 Å². The Bertz CT molecular complexity index is 665. The lowest BCUT2D eigenvalue weighted by Gasteiger charge is -2.10. The van der Waals surface area contributed by atoms with Crippen LogP contribution in [0.1, 0.15) is 44.0 Å². The third kappa shape index (κ3) is 4.19. The van der Waals surface area contributed by atoms with Crippen LogP contribution in [0.2, 0.25) is 0 Å². The number of nitriles is 1. The Morgan fingerprint density at radius 2 is 2.09 bits per heavy atom. The van der Waals surface area contributed by atoms with Crippen molar-refractivity contribution in [3.8, 4) is 6.07 Å². The van der Waals surface area contributed by atoms with Crippen molar-refractivity contribution in [3.63, 3.8) is 0 Å². The minimum Gasteiger partial charge on any atom is -0.335 e. The number of hydrogen-bond donors (Lipinski definition) is 1. The summed E-state index contributed by atoms with van der Waals surface area (Å²) < 4.78 is 2.10. The van der Waals surface area contributed by atoms with Crippen LogP contribution in [0.3, 0.4) is 0 Å². The highest BCUT2D eigenvalue weighted by atomic mass is 16.1. The van der Waals surface area contributed by atoms with E-state index in [1.807, 2.05) is 6.20 Å². The van der Waals surface area contributed by atoms with Crippen molar-refractivity contribution in [2.24, 2.45) is 0 Å². The molecule has 2 aromatic rings. The van der Waals surface area contributed by atoms with E-state index in [0.717, 1.165) is 24.5 Å². The van der Waals surface area contributed by atoms with Gasteiger partial charge in [-0.3, -0.25) is 4.79 Å². The van der Waals surface area contributed by atoms with Crippen LogP contribution in [0.25, 0.3) is 0 Å². The molecule has 0 fully saturated rings. The number of nitrogens with one attached hydrogen (secondary N) is 1. The first-order valence-corrected chi connectivity index (χ1v) is 7.41. The molecule has 5 heteroatoms. The molecule has 0 saturated carbocycles. The van der Waals surface area contributed by atoms with Gasteiger partial charge in [0.2, 0.25) is 5.91 Å². The molecule has 0 saturated heterocycles. The molecule has 0 bridgehead atoms. The highest BCUT2D eigenvalue weighted by Crippen LogP contribution is 2.13. The summed E-state index contributed by atoms with van der Waals surface area (Å²) in [6.45, 7) is 5.00. The van der Waals surface area contributed by atoms with Crippen molar-refractivity contribution in [1.82, 2.24) is 9.55 Å². The van der Waals surface area contributed by atoms with E-state index in [1.54, 1.807) is 30.5 Å². The van der Waals surface area contributed by atoms with Gasteiger partial charge in [-0.15, -0.1) is 0 Å². The molecule has 22 heavy (non-hydrogen) atoms. The van der Waals surface area contributed by atoms with Crippen LogP contribution in [0.5, 0.6) is 0 Å². The van der Waals surface area contributed by atoms with Gasteiger partial charge in [0.05, 0.1) is 11.6 Å². The van der Waals surface area contributed by atoms with Crippen molar-refractivity contribution in [3.05, 3.63) is 48.0 Å². The summed E-state index contributed by atoms with van der Waals surface area (Å²) in [5.41, 5.74) is 1.30. The molecular weight excluding hydrogens is 276 g/mol. The maximum Gasteiger partial charge on any atom is 0.224 e. The van der Waals surface area contributed by atoms with Crippen molar-refractivity contribution >= 4 is 11.6 Å². The number of carbonyl (C=O) groups is 1. The second kappa shape index (κ2) is 7.41. The Hall–Kier alpha value is -2.61. The minimum absolute atomic E-state index is 0.0177. The van der Waals surface area contributed by atoms with Crippen LogP contribution < -0.4 is 5.32 Å². The fourth-order valence-corrected chi connectivity index (χ4v) is 2.27. The quantitative estimate of drug-likeness (QED) is 0.889. The summed E-state index contributed by atoms with van der Waals surface area (Å²) in [7, 11) is 0. The standard InChI is InChI=1S/C17H20N4O/c1-13(2)17-19-9-11-21(17)10-3-4-16(22)20-15-7-5-14(12-18)6-8-15/h5-9,11,13H,3-4,10H2,1-2H3,(H,20,22). The minimum atomic E-state index is -0.0177. The molecule has 114 valence electrons. The molecule has 0 aliphatic rings. The second-order valence-corrected chi connectivity index (χ2v) is 5.47. The molecule has 0 spiro atoms. The Morgan fingerprint density at radius 3 is 2.73 bits per heavy atom. The van der Waals surface area contributed by atoms with Gasteiger partial charge in [-0.1, -0.05) is 13.8 Å². The maximum absolute atomic E-state index is 11.9. The fourth-order valence-electron chi connectivity index (χ4n) is 2.27. The lowest BCUT2D eigenvalue weighted by molar-refractivity contribution is -0.116. The molecule has 5 nitrogen and oxygen atoms in total. The lowest BCUT2D eigenvalue weighted by atomic mass is 10.2. The highest BCUT2D eigenvalue weighted by molar-refractivity contribution is 5.90. The number of amides is 1. The number of anilines is 1. The van der Waals surface area contributed by atoms with Crippen molar-refractivity contribution in [2.75, 3.05) is 5.32 Å². The fraction of sp³-hybridized carbons (Fsp3) is 0.353. The molecule has 0 atom stereocenters. The van der Waals surface area contributed by atoms with Crippen LogP contribution in [0, 0.1) is 11.3 Å². The third-order valence-electron chi connectivity index (χ3n) is 3.36. The average molecular weight is 296 g/mol. The topological polar surface area (TPSA) is 70.7 Å². The first-order valence-electron chi connectivity index (χ1n) is 7.41. The van der Waals surface area contributed by atoms with Gasteiger partial charge in [0.25, 0.3) is 0 Å². The normalized spacial score (nSPS) is 10.5. The van der Waals surface area contributed by atoms with Crippen molar-refractivity contribution < 1.29 is 4.79 Å². The molecule has 0 aliphatic heterocycles. The number of carbonyl (C=O) groups excluding carboxylic acids is 1. The molecule has 2 rings (SSSR count). The number of benzene rings is 1. The summed E-state index contributed by atoms with van der Waals surface area (Å²) in [6, 6.07) is 8.91. The van der Waals surface area contributed by atoms with E-state index in [0.29, 0.717) is 17.9 Å². The number of aromatic nitrogens is 2. The average Bonchev–Trinajstić information content (AvgIpc) is 2.97. The molecule has 0 aliphatic carbocycles. The summed E-state index contributed by atoms with van der Waals surface area (Å²) in [4.78, 5) is 16.2. The molecule has 1 heterocycles. The molecular formula is C17H20N4O. The Kier molecular flexibility index (Phi) is 5.31. The van der Waals surface area contributed by atoms with Crippen LogP contribution in [-0.4, -0.2) is 15.5 Å². The highest BCUT2D eigenvalue weighted by Gasteiger charge is 2.08. The van der Waals surface area contributed by atoms with E-state index in [1.165, 1.54) is 0 Å². The maximum atomic E-state index is 11.9. The Morgan fingerprint density at radius 1 is 1.36 bits per heavy atom. The van der Waals surface area contributed by atoms with Gasteiger partial charge in [-0.2, -0.15) is 5.26 Å². The summed E-state index contributed by atoms with van der Waals surface area (Å²) in [5, 5.41) is 11.6. The zero-order valence-corrected chi connectivity index (χ0v) is 12.9. The number of hydrogen-bond acceptors (Lipinski definition) is 3. The predicted molar refractivity (Wildman–Crippen MR) is 85.3 cm³/mol. The van der Waals surface area contributed by atoms with E-state index < -0.39 is 0 Å². The molecule has 1 amide bonds. The second-order valence-electron chi connectivity index (χ2n) is 5.47. The van der Waals surface area contributed by atoms with Gasteiger partial charge in [0.15, 0.2) is 0 Å². The van der Waals surface area contributed by atoms with Gasteiger partial charge in [-0.25, -0.2) is 4.98 Å². The van der Waals surface area contributed by atoms with E-state index in [4.69, 9.17) is 5.26 Å². The molecule has 0 radical (unpaired) electrons. The van der Waals surface area contributed by atoms with Crippen LogP contribution >= 0.6 is 0 Å². The van der Waals surface area contributed by atoms with E-state index in [9.17, 15) is 4.79 Å².